The number of benzene rings is 1. The number of nitriles is 1. The van der Waals surface area contributed by atoms with Gasteiger partial charge >= 0.3 is 0 Å². The Morgan fingerprint density at radius 2 is 2.19 bits per heavy atom. The van der Waals surface area contributed by atoms with Crippen molar-refractivity contribution in [2.45, 2.75) is 37.8 Å². The van der Waals surface area contributed by atoms with Gasteiger partial charge in [0, 0.05) is 30.8 Å². The molecule has 2 aliphatic heterocycles. The van der Waals surface area contributed by atoms with Gasteiger partial charge in [0.05, 0.1) is 16.2 Å². The maximum Gasteiger partial charge on any atom is 0.270 e. The Kier molecular flexibility index (Phi) is 3.76. The molecule has 0 saturated carbocycles. The Morgan fingerprint density at radius 3 is 2.95 bits per heavy atom. The predicted octanol–water partition coefficient (Wildman–Crippen LogP) is 2.51. The summed E-state index contributed by atoms with van der Waals surface area (Å²) in [5, 5.41) is 23.4. The third-order valence-corrected chi connectivity index (χ3v) is 4.53. The summed E-state index contributed by atoms with van der Waals surface area (Å²) in [5.74, 6) is 0. The Balaban J connectivity index is 1.79. The van der Waals surface area contributed by atoms with Gasteiger partial charge in [-0.25, -0.2) is 0 Å². The average Bonchev–Trinajstić information content (AvgIpc) is 2.91. The number of anilines is 1. The van der Waals surface area contributed by atoms with E-state index >= 15 is 0 Å². The molecular weight excluding hydrogens is 268 g/mol. The van der Waals surface area contributed by atoms with Gasteiger partial charge in [-0.05, 0) is 31.9 Å². The summed E-state index contributed by atoms with van der Waals surface area (Å²) in [4.78, 5) is 12.8. The van der Waals surface area contributed by atoms with Gasteiger partial charge in [-0.3, -0.25) is 15.0 Å². The summed E-state index contributed by atoms with van der Waals surface area (Å²) in [6.45, 7) is 2.26. The summed E-state index contributed by atoms with van der Waals surface area (Å²) < 4.78 is 0. The quantitative estimate of drug-likeness (QED) is 0.682. The fourth-order valence-electron chi connectivity index (χ4n) is 3.48. The topological polar surface area (TPSA) is 82.2 Å². The first-order valence-electron chi connectivity index (χ1n) is 7.38. The number of hydrogen-bond acceptors (Lipinski definition) is 5. The molecule has 0 spiro atoms. The molecule has 2 heterocycles. The SMILES string of the molecule is N#Cc1cc([N+](=O)[O-])ccc1N[C@@H]1CCN2CCCC[C@@H]12. The van der Waals surface area contributed by atoms with Crippen LogP contribution in [0.3, 0.4) is 0 Å². The first-order chi connectivity index (χ1) is 10.2. The molecule has 2 atom stereocenters. The van der Waals surface area contributed by atoms with Crippen LogP contribution in [-0.4, -0.2) is 35.0 Å². The van der Waals surface area contributed by atoms with Crippen LogP contribution in [0.4, 0.5) is 11.4 Å². The molecule has 110 valence electrons. The highest BCUT2D eigenvalue weighted by atomic mass is 16.6. The lowest BCUT2D eigenvalue weighted by Gasteiger charge is -2.33. The predicted molar refractivity (Wildman–Crippen MR) is 79.1 cm³/mol. The standard InChI is InChI=1S/C15H18N4O2/c16-10-11-9-12(19(20)21)4-5-13(11)17-14-6-8-18-7-2-1-3-15(14)18/h4-5,9,14-15,17H,1-3,6-8H2/t14-,15+/m1/s1. The van der Waals surface area contributed by atoms with Crippen molar-refractivity contribution in [3.05, 3.63) is 33.9 Å². The molecule has 0 aliphatic carbocycles. The van der Waals surface area contributed by atoms with Crippen LogP contribution in [-0.2, 0) is 0 Å². The lowest BCUT2D eigenvalue weighted by atomic mass is 9.98. The summed E-state index contributed by atoms with van der Waals surface area (Å²) in [6, 6.07) is 7.37. The van der Waals surface area contributed by atoms with Gasteiger partial charge in [0.2, 0.25) is 0 Å². The summed E-state index contributed by atoms with van der Waals surface area (Å²) in [5.41, 5.74) is 1.02. The molecule has 2 fully saturated rings. The van der Waals surface area contributed by atoms with Crippen LogP contribution in [0.5, 0.6) is 0 Å². The minimum absolute atomic E-state index is 0.0391. The smallest absolute Gasteiger partial charge is 0.270 e. The molecular formula is C15H18N4O2. The van der Waals surface area contributed by atoms with E-state index in [1.165, 1.54) is 31.4 Å². The number of rotatable bonds is 3. The molecule has 0 bridgehead atoms. The van der Waals surface area contributed by atoms with Crippen LogP contribution < -0.4 is 5.32 Å². The Labute approximate surface area is 123 Å². The van der Waals surface area contributed by atoms with E-state index < -0.39 is 4.92 Å². The fourth-order valence-corrected chi connectivity index (χ4v) is 3.48. The maximum atomic E-state index is 10.8. The molecule has 6 nitrogen and oxygen atoms in total. The Morgan fingerprint density at radius 1 is 1.33 bits per heavy atom. The van der Waals surface area contributed by atoms with Crippen molar-refractivity contribution >= 4 is 11.4 Å². The van der Waals surface area contributed by atoms with Crippen LogP contribution in [0.2, 0.25) is 0 Å². The molecule has 1 N–H and O–H groups in total. The fraction of sp³-hybridized carbons (Fsp3) is 0.533. The molecule has 6 heteroatoms. The third-order valence-electron chi connectivity index (χ3n) is 4.53. The minimum atomic E-state index is -0.469. The largest absolute Gasteiger partial charge is 0.380 e. The monoisotopic (exact) mass is 286 g/mol. The normalized spacial score (nSPS) is 25.1. The van der Waals surface area contributed by atoms with Crippen LogP contribution in [0, 0.1) is 21.4 Å². The van der Waals surface area contributed by atoms with Crippen molar-refractivity contribution < 1.29 is 4.92 Å². The lowest BCUT2D eigenvalue weighted by Crippen LogP contribution is -2.41. The van der Waals surface area contributed by atoms with E-state index in [0.29, 0.717) is 23.3 Å². The Hall–Kier alpha value is -2.13. The number of nitro benzene ring substituents is 1. The van der Waals surface area contributed by atoms with Gasteiger partial charge in [-0.1, -0.05) is 6.42 Å². The molecule has 3 rings (SSSR count). The molecule has 2 aliphatic rings. The van der Waals surface area contributed by atoms with Crippen molar-refractivity contribution in [1.29, 1.82) is 5.26 Å². The van der Waals surface area contributed by atoms with Gasteiger partial charge in [-0.15, -0.1) is 0 Å². The number of hydrogen-bond donors (Lipinski definition) is 1. The second kappa shape index (κ2) is 5.70. The van der Waals surface area contributed by atoms with E-state index in [4.69, 9.17) is 0 Å². The molecule has 0 radical (unpaired) electrons. The molecule has 0 aromatic heterocycles. The van der Waals surface area contributed by atoms with Crippen molar-refractivity contribution in [2.75, 3.05) is 18.4 Å². The van der Waals surface area contributed by atoms with Gasteiger partial charge in [0.25, 0.3) is 5.69 Å². The highest BCUT2D eigenvalue weighted by molar-refractivity contribution is 5.62. The Bertz CT molecular complexity index is 596. The highest BCUT2D eigenvalue weighted by Crippen LogP contribution is 2.31. The highest BCUT2D eigenvalue weighted by Gasteiger charge is 2.35. The number of non-ortho nitro benzene ring substituents is 1. The second-order valence-electron chi connectivity index (χ2n) is 5.74. The summed E-state index contributed by atoms with van der Waals surface area (Å²) in [6.07, 6.45) is 4.77. The van der Waals surface area contributed by atoms with E-state index in [2.05, 4.69) is 16.3 Å². The van der Waals surface area contributed by atoms with E-state index in [0.717, 1.165) is 19.5 Å². The number of nitrogens with zero attached hydrogens (tertiary/aromatic N) is 3. The van der Waals surface area contributed by atoms with Crippen LogP contribution in [0.15, 0.2) is 18.2 Å². The minimum Gasteiger partial charge on any atom is -0.380 e. The first-order valence-corrected chi connectivity index (χ1v) is 7.38. The molecule has 1 aromatic carbocycles. The zero-order chi connectivity index (χ0) is 14.8. The van der Waals surface area contributed by atoms with Crippen molar-refractivity contribution in [2.24, 2.45) is 0 Å². The number of nitrogens with one attached hydrogen (secondary N) is 1. The molecule has 21 heavy (non-hydrogen) atoms. The van der Waals surface area contributed by atoms with Gasteiger partial charge in [-0.2, -0.15) is 5.26 Å². The van der Waals surface area contributed by atoms with E-state index in [1.807, 2.05) is 0 Å². The van der Waals surface area contributed by atoms with E-state index in [-0.39, 0.29) is 5.69 Å². The first kappa shape index (κ1) is 13.8. The summed E-state index contributed by atoms with van der Waals surface area (Å²) in [7, 11) is 0. The average molecular weight is 286 g/mol. The van der Waals surface area contributed by atoms with E-state index in [9.17, 15) is 15.4 Å². The van der Waals surface area contributed by atoms with Gasteiger partial charge in [0.1, 0.15) is 6.07 Å². The zero-order valence-electron chi connectivity index (χ0n) is 11.8. The van der Waals surface area contributed by atoms with Gasteiger partial charge < -0.3 is 5.32 Å². The second-order valence-corrected chi connectivity index (χ2v) is 5.74. The van der Waals surface area contributed by atoms with Crippen LogP contribution in [0.25, 0.3) is 0 Å². The number of fused-ring (bicyclic) bond motifs is 1. The van der Waals surface area contributed by atoms with Crippen molar-refractivity contribution in [3.63, 3.8) is 0 Å². The molecule has 0 amide bonds. The van der Waals surface area contributed by atoms with Crippen molar-refractivity contribution in [1.82, 2.24) is 4.90 Å². The number of nitro groups is 1. The lowest BCUT2D eigenvalue weighted by molar-refractivity contribution is -0.384. The molecule has 1 aromatic rings. The molecule has 2 saturated heterocycles. The van der Waals surface area contributed by atoms with Crippen LogP contribution >= 0.6 is 0 Å². The van der Waals surface area contributed by atoms with Crippen LogP contribution in [0.1, 0.15) is 31.2 Å². The number of piperidine rings is 1. The van der Waals surface area contributed by atoms with Gasteiger partial charge in [0.15, 0.2) is 0 Å². The van der Waals surface area contributed by atoms with Crippen molar-refractivity contribution in [3.8, 4) is 6.07 Å². The zero-order valence-corrected chi connectivity index (χ0v) is 11.8. The van der Waals surface area contributed by atoms with E-state index in [1.54, 1.807) is 6.07 Å². The third kappa shape index (κ3) is 2.69. The molecule has 0 unspecified atom stereocenters. The summed E-state index contributed by atoms with van der Waals surface area (Å²) >= 11 is 0. The maximum absolute atomic E-state index is 10.8.